The average molecular weight is 390 g/mol. The topological polar surface area (TPSA) is 54.7 Å². The molecule has 2 aromatic carbocycles. The van der Waals surface area contributed by atoms with Gasteiger partial charge in [-0.2, -0.15) is 0 Å². The number of carbonyl (C=O) groups excluding carboxylic acids is 1. The number of amides is 1. The van der Waals surface area contributed by atoms with Crippen molar-refractivity contribution >= 4 is 5.91 Å². The van der Waals surface area contributed by atoms with Crippen LogP contribution < -0.4 is 10.1 Å². The van der Waals surface area contributed by atoms with Gasteiger partial charge in [0.05, 0.1) is 12.3 Å². The number of benzene rings is 2. The van der Waals surface area contributed by atoms with Crippen molar-refractivity contribution in [3.05, 3.63) is 89.9 Å². The molecule has 0 bridgehead atoms. The summed E-state index contributed by atoms with van der Waals surface area (Å²) in [6.45, 7) is 3.11. The normalized spacial score (nSPS) is 15.2. The largest absolute Gasteiger partial charge is 0.489 e. The van der Waals surface area contributed by atoms with Crippen molar-refractivity contribution in [1.82, 2.24) is 10.2 Å². The highest BCUT2D eigenvalue weighted by Crippen LogP contribution is 2.25. The predicted molar refractivity (Wildman–Crippen MR) is 112 cm³/mol. The van der Waals surface area contributed by atoms with E-state index in [4.69, 9.17) is 9.15 Å². The molecule has 5 heteroatoms. The van der Waals surface area contributed by atoms with Gasteiger partial charge in [0.1, 0.15) is 18.1 Å². The van der Waals surface area contributed by atoms with Gasteiger partial charge in [0, 0.05) is 12.1 Å². The number of nitrogens with one attached hydrogen (secondary N) is 1. The van der Waals surface area contributed by atoms with Crippen molar-refractivity contribution in [1.29, 1.82) is 0 Å². The third-order valence-corrected chi connectivity index (χ3v) is 5.27. The Labute approximate surface area is 171 Å². The molecule has 1 atom stereocenters. The first-order valence-corrected chi connectivity index (χ1v) is 10.1. The lowest BCUT2D eigenvalue weighted by Crippen LogP contribution is -2.36. The van der Waals surface area contributed by atoms with Crippen LogP contribution in [0.5, 0.6) is 5.75 Å². The zero-order chi connectivity index (χ0) is 19.9. The standard InChI is InChI=1S/C24H26N2O3/c27-24(25-17-22(23-9-6-16-28-23)26-14-4-5-15-26)20-10-12-21(13-11-20)29-18-19-7-2-1-3-8-19/h1-3,6-13,16,22H,4-5,14-15,17-18H2,(H,25,27)/t22-/m0/s1. The number of hydrogen-bond donors (Lipinski definition) is 1. The first-order valence-electron chi connectivity index (χ1n) is 10.1. The van der Waals surface area contributed by atoms with E-state index in [2.05, 4.69) is 10.2 Å². The van der Waals surface area contributed by atoms with Gasteiger partial charge >= 0.3 is 0 Å². The number of nitrogens with zero attached hydrogens (tertiary/aromatic N) is 1. The Bertz CT molecular complexity index is 886. The molecule has 0 saturated carbocycles. The molecule has 1 aromatic heterocycles. The molecule has 0 spiro atoms. The van der Waals surface area contributed by atoms with Crippen LogP contribution in [0, 0.1) is 0 Å². The fraction of sp³-hybridized carbons (Fsp3) is 0.292. The number of likely N-dealkylation sites (tertiary alicyclic amines) is 1. The Balaban J connectivity index is 1.33. The number of hydrogen-bond acceptors (Lipinski definition) is 4. The van der Waals surface area contributed by atoms with Gasteiger partial charge in [0.2, 0.25) is 0 Å². The number of ether oxygens (including phenoxy) is 1. The van der Waals surface area contributed by atoms with E-state index < -0.39 is 0 Å². The molecule has 5 nitrogen and oxygen atoms in total. The van der Waals surface area contributed by atoms with Gasteiger partial charge < -0.3 is 14.5 Å². The molecule has 1 N–H and O–H groups in total. The lowest BCUT2D eigenvalue weighted by molar-refractivity contribution is 0.0933. The van der Waals surface area contributed by atoms with Gasteiger partial charge in [-0.05, 0) is 67.9 Å². The SMILES string of the molecule is O=C(NC[C@@H](c1ccco1)N1CCCC1)c1ccc(OCc2ccccc2)cc1. The molecule has 1 amide bonds. The highest BCUT2D eigenvalue weighted by atomic mass is 16.5. The first kappa shape index (κ1) is 19.3. The maximum atomic E-state index is 12.6. The fourth-order valence-electron chi connectivity index (χ4n) is 3.68. The molecule has 150 valence electrons. The summed E-state index contributed by atoms with van der Waals surface area (Å²) in [7, 11) is 0. The number of furan rings is 1. The lowest BCUT2D eigenvalue weighted by Gasteiger charge is -2.26. The van der Waals surface area contributed by atoms with Crippen molar-refractivity contribution in [2.45, 2.75) is 25.5 Å². The van der Waals surface area contributed by atoms with Crippen LogP contribution in [-0.4, -0.2) is 30.4 Å². The maximum absolute atomic E-state index is 12.6. The molecule has 0 radical (unpaired) electrons. The number of carbonyl (C=O) groups is 1. The van der Waals surface area contributed by atoms with E-state index in [1.807, 2.05) is 54.6 Å². The highest BCUT2D eigenvalue weighted by molar-refractivity contribution is 5.94. The molecule has 4 rings (SSSR count). The van der Waals surface area contributed by atoms with E-state index >= 15 is 0 Å². The molecular weight excluding hydrogens is 364 g/mol. The lowest BCUT2D eigenvalue weighted by atomic mass is 10.1. The minimum Gasteiger partial charge on any atom is -0.489 e. The third kappa shape index (κ3) is 5.06. The van der Waals surface area contributed by atoms with Crippen LogP contribution in [0.25, 0.3) is 0 Å². The molecule has 1 saturated heterocycles. The van der Waals surface area contributed by atoms with Crippen LogP contribution in [0.15, 0.2) is 77.4 Å². The fourth-order valence-corrected chi connectivity index (χ4v) is 3.68. The highest BCUT2D eigenvalue weighted by Gasteiger charge is 2.26. The van der Waals surface area contributed by atoms with Crippen LogP contribution in [0.3, 0.4) is 0 Å². The van der Waals surface area contributed by atoms with Crippen molar-refractivity contribution < 1.29 is 13.9 Å². The van der Waals surface area contributed by atoms with E-state index in [1.165, 1.54) is 12.8 Å². The van der Waals surface area contributed by atoms with Crippen molar-refractivity contribution in [3.63, 3.8) is 0 Å². The summed E-state index contributed by atoms with van der Waals surface area (Å²) in [6.07, 6.45) is 4.07. The van der Waals surface area contributed by atoms with Gasteiger partial charge in [-0.3, -0.25) is 9.69 Å². The molecule has 1 aliphatic heterocycles. The van der Waals surface area contributed by atoms with E-state index in [9.17, 15) is 4.79 Å². The number of rotatable bonds is 8. The van der Waals surface area contributed by atoms with Crippen LogP contribution in [-0.2, 0) is 6.61 Å². The van der Waals surface area contributed by atoms with E-state index in [0.29, 0.717) is 18.7 Å². The minimum absolute atomic E-state index is 0.0740. The Morgan fingerprint density at radius 1 is 1.00 bits per heavy atom. The quantitative estimate of drug-likeness (QED) is 0.618. The van der Waals surface area contributed by atoms with E-state index in [-0.39, 0.29) is 11.9 Å². The summed E-state index contributed by atoms with van der Waals surface area (Å²) >= 11 is 0. The third-order valence-electron chi connectivity index (χ3n) is 5.27. The second kappa shape index (κ2) is 9.43. The van der Waals surface area contributed by atoms with E-state index in [1.54, 1.807) is 18.4 Å². The van der Waals surface area contributed by atoms with Gasteiger partial charge in [0.15, 0.2) is 0 Å². The Morgan fingerprint density at radius 2 is 1.76 bits per heavy atom. The summed E-state index contributed by atoms with van der Waals surface area (Å²) < 4.78 is 11.4. The summed E-state index contributed by atoms with van der Waals surface area (Å²) in [5.74, 6) is 1.56. The van der Waals surface area contributed by atoms with Crippen LogP contribution in [0.1, 0.15) is 40.6 Å². The first-order chi connectivity index (χ1) is 14.3. The maximum Gasteiger partial charge on any atom is 0.251 e. The zero-order valence-electron chi connectivity index (χ0n) is 16.4. The van der Waals surface area contributed by atoms with Crippen molar-refractivity contribution in [2.75, 3.05) is 19.6 Å². The Hall–Kier alpha value is -3.05. The van der Waals surface area contributed by atoms with Crippen LogP contribution in [0.2, 0.25) is 0 Å². The molecule has 3 aromatic rings. The van der Waals surface area contributed by atoms with E-state index in [0.717, 1.165) is 30.2 Å². The monoisotopic (exact) mass is 390 g/mol. The molecule has 2 heterocycles. The molecule has 1 aliphatic rings. The summed E-state index contributed by atoms with van der Waals surface area (Å²) in [5, 5.41) is 3.06. The van der Waals surface area contributed by atoms with Crippen molar-refractivity contribution in [2.24, 2.45) is 0 Å². The van der Waals surface area contributed by atoms with Gasteiger partial charge in [-0.15, -0.1) is 0 Å². The van der Waals surface area contributed by atoms with Gasteiger partial charge in [0.25, 0.3) is 5.91 Å². The molecule has 29 heavy (non-hydrogen) atoms. The second-order valence-electron chi connectivity index (χ2n) is 7.28. The second-order valence-corrected chi connectivity index (χ2v) is 7.28. The minimum atomic E-state index is -0.0876. The zero-order valence-corrected chi connectivity index (χ0v) is 16.4. The average Bonchev–Trinajstić information content (AvgIpc) is 3.48. The van der Waals surface area contributed by atoms with Gasteiger partial charge in [-0.1, -0.05) is 30.3 Å². The molecular formula is C24H26N2O3. The summed E-state index contributed by atoms with van der Waals surface area (Å²) in [5.41, 5.74) is 1.73. The van der Waals surface area contributed by atoms with Crippen molar-refractivity contribution in [3.8, 4) is 5.75 Å². The molecule has 0 aliphatic carbocycles. The predicted octanol–water partition coefficient (Wildman–Crippen LogP) is 4.43. The van der Waals surface area contributed by atoms with Gasteiger partial charge in [-0.25, -0.2) is 0 Å². The van der Waals surface area contributed by atoms with Crippen LogP contribution >= 0.6 is 0 Å². The smallest absolute Gasteiger partial charge is 0.251 e. The Morgan fingerprint density at radius 3 is 2.45 bits per heavy atom. The molecule has 0 unspecified atom stereocenters. The summed E-state index contributed by atoms with van der Waals surface area (Å²) in [6, 6.07) is 21.2. The van der Waals surface area contributed by atoms with Crippen LogP contribution in [0.4, 0.5) is 0 Å². The Kier molecular flexibility index (Phi) is 6.27. The summed E-state index contributed by atoms with van der Waals surface area (Å²) in [4.78, 5) is 15.0. The molecule has 1 fully saturated rings.